The van der Waals surface area contributed by atoms with Gasteiger partial charge in [0.25, 0.3) is 0 Å². The van der Waals surface area contributed by atoms with Crippen LogP contribution in [0.5, 0.6) is 0 Å². The number of aromatic nitrogens is 3. The molecule has 3 atom stereocenters. The Morgan fingerprint density at radius 3 is 2.63 bits per heavy atom. The van der Waals surface area contributed by atoms with Crippen molar-refractivity contribution < 1.29 is 28.7 Å². The van der Waals surface area contributed by atoms with Crippen LogP contribution in [0.25, 0.3) is 11.0 Å². The van der Waals surface area contributed by atoms with Gasteiger partial charge >= 0.3 is 12.1 Å². The molecular formula is C28H39N7O6. The van der Waals surface area contributed by atoms with Crippen molar-refractivity contribution in [3.05, 3.63) is 18.6 Å². The molecule has 1 aliphatic rings. The second kappa shape index (κ2) is 13.4. The van der Waals surface area contributed by atoms with Gasteiger partial charge in [-0.3, -0.25) is 14.2 Å². The number of esters is 1. The molecule has 0 aliphatic carbocycles. The van der Waals surface area contributed by atoms with Gasteiger partial charge in [0.1, 0.15) is 30.2 Å². The summed E-state index contributed by atoms with van der Waals surface area (Å²) in [6, 6.07) is 2.73. The zero-order valence-electron chi connectivity index (χ0n) is 24.5. The second-order valence-corrected chi connectivity index (χ2v) is 11.2. The van der Waals surface area contributed by atoms with Crippen LogP contribution >= 0.6 is 0 Å². The minimum absolute atomic E-state index is 0.0312. The zero-order chi connectivity index (χ0) is 30.3. The number of ether oxygens (including phenoxy) is 2. The number of anilines is 1. The van der Waals surface area contributed by atoms with Gasteiger partial charge in [0.2, 0.25) is 11.8 Å². The summed E-state index contributed by atoms with van der Waals surface area (Å²) in [5, 5.41) is 12.1. The van der Waals surface area contributed by atoms with E-state index >= 15 is 0 Å². The van der Waals surface area contributed by atoms with E-state index in [1.165, 1.54) is 18.0 Å². The van der Waals surface area contributed by atoms with Crippen molar-refractivity contribution >= 4 is 40.7 Å². The van der Waals surface area contributed by atoms with Crippen LogP contribution in [0.2, 0.25) is 0 Å². The van der Waals surface area contributed by atoms with E-state index in [9.17, 15) is 19.2 Å². The molecule has 222 valence electrons. The largest absolute Gasteiger partial charge is 0.467 e. The average molecular weight is 570 g/mol. The molecule has 3 rings (SSSR count). The van der Waals surface area contributed by atoms with E-state index < -0.39 is 23.7 Å². The molecule has 0 radical (unpaired) electrons. The molecule has 0 bridgehead atoms. The second-order valence-electron chi connectivity index (χ2n) is 11.2. The maximum absolute atomic E-state index is 13.2. The fourth-order valence-electron chi connectivity index (χ4n) is 4.96. The van der Waals surface area contributed by atoms with Crippen LogP contribution in [0.4, 0.5) is 10.6 Å². The summed E-state index contributed by atoms with van der Waals surface area (Å²) in [4.78, 5) is 62.4. The van der Waals surface area contributed by atoms with Gasteiger partial charge in [0, 0.05) is 32.8 Å². The Balaban J connectivity index is 1.70. The first-order valence-corrected chi connectivity index (χ1v) is 13.7. The summed E-state index contributed by atoms with van der Waals surface area (Å²) in [5.41, 5.74) is -0.280. The number of nitrogens with one attached hydrogen (secondary N) is 1. The number of carbonyl (C=O) groups excluding carboxylic acids is 4. The number of fused-ring (bicyclic) bond motifs is 1. The highest BCUT2D eigenvalue weighted by Crippen LogP contribution is 2.30. The van der Waals surface area contributed by atoms with Gasteiger partial charge in [-0.15, -0.1) is 0 Å². The van der Waals surface area contributed by atoms with Crippen molar-refractivity contribution in [1.29, 1.82) is 5.26 Å². The fraction of sp³-hybridized carbons (Fsp3) is 0.607. The Bertz CT molecular complexity index is 1310. The lowest BCUT2D eigenvalue weighted by atomic mass is 9.92. The molecule has 13 nitrogen and oxygen atoms in total. The monoisotopic (exact) mass is 569 g/mol. The quantitative estimate of drug-likeness (QED) is 0.445. The minimum Gasteiger partial charge on any atom is -0.467 e. The van der Waals surface area contributed by atoms with Crippen LogP contribution in [-0.4, -0.2) is 88.2 Å². The molecule has 0 aromatic carbocycles. The highest BCUT2D eigenvalue weighted by Gasteiger charge is 2.33. The minimum atomic E-state index is -0.955. The Morgan fingerprint density at radius 1 is 1.24 bits per heavy atom. The topological polar surface area (TPSA) is 160 Å². The number of piperidine rings is 1. The molecule has 13 heteroatoms. The lowest BCUT2D eigenvalue weighted by Crippen LogP contribution is -2.52. The number of hydrogen-bond acceptors (Lipinski definition) is 10. The van der Waals surface area contributed by atoms with Crippen LogP contribution in [0.15, 0.2) is 18.6 Å². The van der Waals surface area contributed by atoms with Gasteiger partial charge in [0.15, 0.2) is 5.65 Å². The number of rotatable bonds is 9. The van der Waals surface area contributed by atoms with Crippen LogP contribution in [-0.2, 0) is 19.1 Å². The Morgan fingerprint density at radius 2 is 1.98 bits per heavy atom. The first kappa shape index (κ1) is 31.3. The van der Waals surface area contributed by atoms with Crippen molar-refractivity contribution in [2.24, 2.45) is 5.92 Å². The third-order valence-electron chi connectivity index (χ3n) is 7.12. The maximum Gasteiger partial charge on any atom is 0.408 e. The Labute approximate surface area is 239 Å². The predicted molar refractivity (Wildman–Crippen MR) is 150 cm³/mol. The van der Waals surface area contributed by atoms with Gasteiger partial charge in [-0.1, -0.05) is 6.92 Å². The normalized spacial score (nSPS) is 17.8. The summed E-state index contributed by atoms with van der Waals surface area (Å²) in [6.07, 6.45) is 3.54. The molecule has 1 unspecified atom stereocenters. The van der Waals surface area contributed by atoms with Crippen molar-refractivity contribution in [1.82, 2.24) is 24.8 Å². The maximum atomic E-state index is 13.2. The SMILES string of the molecule is COC(=O)C(CCCC(=O)n1ccc2c(N(C)[C@H]3CN(C(=O)CC#N)CC[C@H]3C)ncnc21)NC(=O)OC(C)(C)C. The number of hydrogen-bond donors (Lipinski definition) is 1. The molecule has 2 aromatic rings. The van der Waals surface area contributed by atoms with E-state index in [0.29, 0.717) is 36.4 Å². The number of alkyl carbamates (subject to hydrolysis) is 1. The van der Waals surface area contributed by atoms with E-state index in [1.807, 2.05) is 18.0 Å². The van der Waals surface area contributed by atoms with E-state index in [1.54, 1.807) is 37.9 Å². The zero-order valence-corrected chi connectivity index (χ0v) is 24.5. The van der Waals surface area contributed by atoms with Gasteiger partial charge in [0.05, 0.1) is 24.6 Å². The summed E-state index contributed by atoms with van der Waals surface area (Å²) in [5.74, 6) is -0.122. The van der Waals surface area contributed by atoms with Crippen molar-refractivity contribution in [2.75, 3.05) is 32.1 Å². The Hall–Kier alpha value is -4.21. The molecule has 2 aromatic heterocycles. The molecule has 0 spiro atoms. The average Bonchev–Trinajstić information content (AvgIpc) is 3.35. The summed E-state index contributed by atoms with van der Waals surface area (Å²) < 4.78 is 11.5. The number of likely N-dealkylation sites (N-methyl/N-ethyl adjacent to an activating group) is 1. The van der Waals surface area contributed by atoms with Gasteiger partial charge in [-0.2, -0.15) is 5.26 Å². The lowest BCUT2D eigenvalue weighted by molar-refractivity contribution is -0.143. The van der Waals surface area contributed by atoms with E-state index in [4.69, 9.17) is 14.7 Å². The first-order chi connectivity index (χ1) is 19.4. The molecule has 0 saturated carbocycles. The smallest absolute Gasteiger partial charge is 0.408 e. The summed E-state index contributed by atoms with van der Waals surface area (Å²) in [6.45, 7) is 8.36. The van der Waals surface area contributed by atoms with Gasteiger partial charge in [-0.05, 0) is 52.0 Å². The number of likely N-dealkylation sites (tertiary alicyclic amines) is 1. The highest BCUT2D eigenvalue weighted by atomic mass is 16.6. The molecule has 1 fully saturated rings. The van der Waals surface area contributed by atoms with Gasteiger partial charge in [-0.25, -0.2) is 19.6 Å². The number of nitriles is 1. The first-order valence-electron chi connectivity index (χ1n) is 13.7. The number of carbonyl (C=O) groups is 4. The summed E-state index contributed by atoms with van der Waals surface area (Å²) >= 11 is 0. The fourth-order valence-corrected chi connectivity index (χ4v) is 4.96. The van der Waals surface area contributed by atoms with Crippen LogP contribution in [0.1, 0.15) is 64.6 Å². The van der Waals surface area contributed by atoms with E-state index in [0.717, 1.165) is 6.42 Å². The lowest BCUT2D eigenvalue weighted by Gasteiger charge is -2.42. The summed E-state index contributed by atoms with van der Waals surface area (Å²) in [7, 11) is 3.14. The molecule has 1 aliphatic heterocycles. The van der Waals surface area contributed by atoms with Crippen LogP contribution < -0.4 is 10.2 Å². The van der Waals surface area contributed by atoms with E-state index in [2.05, 4.69) is 22.2 Å². The van der Waals surface area contributed by atoms with Crippen molar-refractivity contribution in [3.8, 4) is 6.07 Å². The number of nitrogens with zero attached hydrogens (tertiary/aromatic N) is 6. The number of amides is 2. The van der Waals surface area contributed by atoms with Gasteiger partial charge < -0.3 is 24.6 Å². The molecule has 1 saturated heterocycles. The molecule has 1 N–H and O–H groups in total. The molecular weight excluding hydrogens is 530 g/mol. The third kappa shape index (κ3) is 7.93. The van der Waals surface area contributed by atoms with Crippen LogP contribution in [0, 0.1) is 17.2 Å². The van der Waals surface area contributed by atoms with Crippen molar-refractivity contribution in [2.45, 2.75) is 77.5 Å². The van der Waals surface area contributed by atoms with Crippen LogP contribution in [0.3, 0.4) is 0 Å². The third-order valence-corrected chi connectivity index (χ3v) is 7.12. The standard InChI is InChI=1S/C28H39N7O6/c1-18-11-14-34(22(36)10-13-29)16-21(18)33(5)24-19-12-15-35(25(19)31-17-30-24)23(37)9-7-8-20(26(38)40-6)32-27(39)41-28(2,3)4/h12,15,17-18,20-21H,7-11,14,16H2,1-6H3,(H,32,39)/t18-,20?,21+/m1/s1. The molecule has 2 amide bonds. The van der Waals surface area contributed by atoms with Crippen molar-refractivity contribution in [3.63, 3.8) is 0 Å². The number of methoxy groups -OCH3 is 1. The Kier molecular flexibility index (Phi) is 10.3. The van der Waals surface area contributed by atoms with E-state index in [-0.39, 0.29) is 43.0 Å². The molecule has 3 heterocycles. The molecule has 41 heavy (non-hydrogen) atoms. The highest BCUT2D eigenvalue weighted by molar-refractivity contribution is 5.95. The predicted octanol–water partition coefficient (Wildman–Crippen LogP) is 2.89.